The fraction of sp³-hybridized carbons (Fsp3) is 0.154. The monoisotopic (exact) mass is 520 g/mol. The highest BCUT2D eigenvalue weighted by Gasteiger charge is 2.17. The number of ether oxygens (including phenoxy) is 1. The van der Waals surface area contributed by atoms with Crippen molar-refractivity contribution in [3.8, 4) is 5.75 Å². The number of amides is 1. The van der Waals surface area contributed by atoms with Crippen molar-refractivity contribution in [2.45, 2.75) is 32.3 Å². The molecule has 0 aliphatic rings. The predicted molar refractivity (Wildman–Crippen MR) is 136 cm³/mol. The summed E-state index contributed by atoms with van der Waals surface area (Å²) in [5.74, 6) is 0.502. The molecule has 190 valence electrons. The van der Waals surface area contributed by atoms with Crippen LogP contribution in [-0.2, 0) is 16.6 Å². The molecule has 0 saturated heterocycles. The standard InChI is InChI=1S/C26H24N4O6S/c1-16-14-17(2)28-26(27-16)30-37(33,34)23-11-6-20(7-12-23)29-25(32)24-13-10-22(36-24)15-35-21-8-4-19(5-9-21)18(3)31/h4-14H,15H2,1-3H3,(H,29,32)(H,27,28,30). The molecule has 1 amide bonds. The van der Waals surface area contributed by atoms with E-state index in [-0.39, 0.29) is 29.0 Å². The number of rotatable bonds is 9. The number of carbonyl (C=O) groups is 2. The van der Waals surface area contributed by atoms with Gasteiger partial charge in [-0.25, -0.2) is 23.1 Å². The third-order valence-corrected chi connectivity index (χ3v) is 6.50. The van der Waals surface area contributed by atoms with Crippen LogP contribution in [0.3, 0.4) is 0 Å². The molecule has 0 bridgehead atoms. The number of Topliss-reactive ketones (excluding diaryl/α,β-unsaturated/α-hetero) is 1. The number of nitrogens with one attached hydrogen (secondary N) is 2. The lowest BCUT2D eigenvalue weighted by molar-refractivity contribution is 0.0990. The highest BCUT2D eigenvalue weighted by molar-refractivity contribution is 7.92. The summed E-state index contributed by atoms with van der Waals surface area (Å²) in [6.45, 7) is 5.07. The second-order valence-corrected chi connectivity index (χ2v) is 9.88. The number of furan rings is 1. The van der Waals surface area contributed by atoms with Gasteiger partial charge in [0.25, 0.3) is 15.9 Å². The molecule has 0 fully saturated rings. The minimum absolute atomic E-state index is 0.0120. The molecule has 0 aliphatic carbocycles. The Labute approximate surface area is 213 Å². The molecule has 0 spiro atoms. The van der Waals surface area contributed by atoms with E-state index in [9.17, 15) is 18.0 Å². The van der Waals surface area contributed by atoms with Gasteiger partial charge in [0.1, 0.15) is 18.1 Å². The molecule has 2 N–H and O–H groups in total. The van der Waals surface area contributed by atoms with Crippen LogP contribution < -0.4 is 14.8 Å². The molecular weight excluding hydrogens is 496 g/mol. The van der Waals surface area contributed by atoms with Gasteiger partial charge in [-0.3, -0.25) is 9.59 Å². The molecule has 11 heteroatoms. The van der Waals surface area contributed by atoms with Gasteiger partial charge in [0.15, 0.2) is 11.5 Å². The number of hydrogen-bond acceptors (Lipinski definition) is 8. The maximum atomic E-state index is 12.7. The SMILES string of the molecule is CC(=O)c1ccc(OCc2ccc(C(=O)Nc3ccc(S(=O)(=O)Nc4nc(C)cc(C)n4)cc3)o2)cc1. The first kappa shape index (κ1) is 25.6. The zero-order valence-electron chi connectivity index (χ0n) is 20.3. The first-order valence-electron chi connectivity index (χ1n) is 11.2. The van der Waals surface area contributed by atoms with E-state index in [4.69, 9.17) is 9.15 Å². The maximum absolute atomic E-state index is 12.7. The van der Waals surface area contributed by atoms with Crippen LogP contribution in [0.4, 0.5) is 11.6 Å². The summed E-state index contributed by atoms with van der Waals surface area (Å²) in [4.78, 5) is 32.1. The Balaban J connectivity index is 1.35. The molecule has 0 saturated carbocycles. The third-order valence-electron chi connectivity index (χ3n) is 5.16. The lowest BCUT2D eigenvalue weighted by Crippen LogP contribution is -2.16. The van der Waals surface area contributed by atoms with Gasteiger partial charge >= 0.3 is 0 Å². The fourth-order valence-electron chi connectivity index (χ4n) is 3.38. The Hall–Kier alpha value is -4.51. The minimum Gasteiger partial charge on any atom is -0.486 e. The summed E-state index contributed by atoms with van der Waals surface area (Å²) < 4.78 is 38.9. The number of hydrogen-bond donors (Lipinski definition) is 2. The van der Waals surface area contributed by atoms with Crippen molar-refractivity contribution >= 4 is 33.3 Å². The zero-order chi connectivity index (χ0) is 26.6. The molecule has 0 atom stereocenters. The molecule has 0 radical (unpaired) electrons. The van der Waals surface area contributed by atoms with E-state index in [1.165, 1.54) is 37.3 Å². The number of benzene rings is 2. The van der Waals surface area contributed by atoms with Gasteiger partial charge < -0.3 is 14.5 Å². The van der Waals surface area contributed by atoms with Crippen molar-refractivity contribution in [1.29, 1.82) is 0 Å². The largest absolute Gasteiger partial charge is 0.486 e. The number of sulfonamides is 1. The molecule has 4 rings (SSSR count). The van der Waals surface area contributed by atoms with E-state index in [0.717, 1.165) is 0 Å². The van der Waals surface area contributed by atoms with Crippen molar-refractivity contribution in [1.82, 2.24) is 9.97 Å². The fourth-order valence-corrected chi connectivity index (χ4v) is 4.32. The smallest absolute Gasteiger partial charge is 0.291 e. The van der Waals surface area contributed by atoms with Crippen molar-refractivity contribution in [2.24, 2.45) is 0 Å². The summed E-state index contributed by atoms with van der Waals surface area (Å²) in [6.07, 6.45) is 0. The third kappa shape index (κ3) is 6.58. The molecule has 10 nitrogen and oxygen atoms in total. The number of nitrogens with zero attached hydrogens (tertiary/aromatic N) is 2. The predicted octanol–water partition coefficient (Wildman–Crippen LogP) is 4.52. The van der Waals surface area contributed by atoms with Crippen molar-refractivity contribution in [2.75, 3.05) is 10.0 Å². The first-order chi connectivity index (χ1) is 17.6. The van der Waals surface area contributed by atoms with Gasteiger partial charge in [-0.05, 0) is 87.5 Å². The van der Waals surface area contributed by atoms with Crippen molar-refractivity contribution in [3.63, 3.8) is 0 Å². The van der Waals surface area contributed by atoms with Gasteiger partial charge in [0, 0.05) is 22.6 Å². The van der Waals surface area contributed by atoms with Crippen LogP contribution in [0.5, 0.6) is 5.75 Å². The maximum Gasteiger partial charge on any atom is 0.291 e. The van der Waals surface area contributed by atoms with Crippen LogP contribution >= 0.6 is 0 Å². The topological polar surface area (TPSA) is 140 Å². The molecule has 2 heterocycles. The summed E-state index contributed by atoms with van der Waals surface area (Å²) in [7, 11) is -3.91. The van der Waals surface area contributed by atoms with Gasteiger partial charge in [-0.15, -0.1) is 0 Å². The second-order valence-electron chi connectivity index (χ2n) is 8.19. The Morgan fingerprint density at radius 2 is 1.57 bits per heavy atom. The number of aryl methyl sites for hydroxylation is 2. The molecule has 2 aromatic heterocycles. The second kappa shape index (κ2) is 10.6. The Morgan fingerprint density at radius 3 is 2.19 bits per heavy atom. The number of anilines is 2. The Morgan fingerprint density at radius 1 is 0.919 bits per heavy atom. The van der Waals surface area contributed by atoms with Gasteiger partial charge in [0.2, 0.25) is 5.95 Å². The van der Waals surface area contributed by atoms with Crippen LogP contribution in [0.2, 0.25) is 0 Å². The average Bonchev–Trinajstić information content (AvgIpc) is 3.32. The quantitative estimate of drug-likeness (QED) is 0.307. The van der Waals surface area contributed by atoms with E-state index in [2.05, 4.69) is 20.0 Å². The number of aromatic nitrogens is 2. The highest BCUT2D eigenvalue weighted by atomic mass is 32.2. The normalized spacial score (nSPS) is 11.1. The first-order valence-corrected chi connectivity index (χ1v) is 12.7. The lowest BCUT2D eigenvalue weighted by atomic mass is 10.1. The van der Waals surface area contributed by atoms with E-state index < -0.39 is 15.9 Å². The average molecular weight is 521 g/mol. The summed E-state index contributed by atoms with van der Waals surface area (Å²) >= 11 is 0. The molecule has 0 unspecified atom stereocenters. The Kier molecular flexibility index (Phi) is 7.35. The van der Waals surface area contributed by atoms with Crippen LogP contribution in [0.15, 0.2) is 76.0 Å². The van der Waals surface area contributed by atoms with Gasteiger partial charge in [0.05, 0.1) is 4.90 Å². The van der Waals surface area contributed by atoms with Crippen molar-refractivity contribution < 1.29 is 27.2 Å². The molecular formula is C26H24N4O6S. The molecule has 2 aromatic carbocycles. The van der Waals surface area contributed by atoms with Gasteiger partial charge in [-0.2, -0.15) is 0 Å². The van der Waals surface area contributed by atoms with Crippen LogP contribution in [0.25, 0.3) is 0 Å². The number of ketones is 1. The van der Waals surface area contributed by atoms with E-state index in [1.807, 2.05) is 0 Å². The zero-order valence-corrected chi connectivity index (χ0v) is 21.1. The molecule has 4 aromatic rings. The number of carbonyl (C=O) groups excluding carboxylic acids is 2. The Bertz CT molecular complexity index is 1520. The van der Waals surface area contributed by atoms with E-state index in [1.54, 1.807) is 50.2 Å². The highest BCUT2D eigenvalue weighted by Crippen LogP contribution is 2.19. The molecule has 37 heavy (non-hydrogen) atoms. The van der Waals surface area contributed by atoms with Gasteiger partial charge in [-0.1, -0.05) is 0 Å². The van der Waals surface area contributed by atoms with Crippen LogP contribution in [0, 0.1) is 13.8 Å². The minimum atomic E-state index is -3.91. The van der Waals surface area contributed by atoms with Crippen molar-refractivity contribution in [3.05, 3.63) is 95.2 Å². The molecule has 0 aliphatic heterocycles. The van der Waals surface area contributed by atoms with Crippen LogP contribution in [-0.4, -0.2) is 30.1 Å². The summed E-state index contributed by atoms with van der Waals surface area (Å²) in [6, 6.07) is 17.2. The van der Waals surface area contributed by atoms with E-state index >= 15 is 0 Å². The lowest BCUT2D eigenvalue weighted by Gasteiger charge is -2.09. The van der Waals surface area contributed by atoms with E-state index in [0.29, 0.717) is 34.1 Å². The summed E-state index contributed by atoms with van der Waals surface area (Å²) in [5.41, 5.74) is 2.24. The van der Waals surface area contributed by atoms with Crippen LogP contribution in [0.1, 0.15) is 45.0 Å². The summed E-state index contributed by atoms with van der Waals surface area (Å²) in [5, 5.41) is 2.66.